The Morgan fingerprint density at radius 1 is 0.333 bits per heavy atom. The summed E-state index contributed by atoms with van der Waals surface area (Å²) < 4.78 is 3.11. The van der Waals surface area contributed by atoms with E-state index >= 15 is 0 Å². The second-order valence-electron chi connectivity index (χ2n) is 12.0. The molecule has 0 aliphatic heterocycles. The quantitative estimate of drug-likeness (QED) is 0.125. The van der Waals surface area contributed by atoms with Gasteiger partial charge in [0.1, 0.15) is 0 Å². The minimum absolute atomic E-state index is 1.09. The van der Waals surface area contributed by atoms with Gasteiger partial charge < -0.3 is 0 Å². The third-order valence-electron chi connectivity index (χ3n) is 6.46. The van der Waals surface area contributed by atoms with Gasteiger partial charge in [-0.3, -0.25) is 0 Å². The highest BCUT2D eigenvalue weighted by molar-refractivity contribution is 7.31. The van der Waals surface area contributed by atoms with Crippen molar-refractivity contribution in [3.05, 3.63) is 92.3 Å². The molecule has 0 nitrogen and oxygen atoms in total. The number of hydrogen-bond acceptors (Lipinski definition) is 6. The van der Waals surface area contributed by atoms with Crippen LogP contribution in [-0.2, 0) is 0 Å². The van der Waals surface area contributed by atoms with Gasteiger partial charge in [0.25, 0.3) is 0 Å². The Labute approximate surface area is 275 Å². The van der Waals surface area contributed by atoms with Crippen LogP contribution in [0.15, 0.2) is 72.8 Å². The summed E-state index contributed by atoms with van der Waals surface area (Å²) in [6.07, 6.45) is 0. The highest BCUT2D eigenvalue weighted by Crippen LogP contribution is 2.35. The standard InChI is InChI=1S/C34H30S6Si2/c1-41(2,3)33-21-19-31(39-33)29-17-13-25(37-29)9-7-23-11-15-27(35-23)28-16-12-24(36-28)8-10-26-14-18-30(38-26)32-20-22-34(40-32)42(4,5)6/h11-22H,1-6H3. The average Bonchev–Trinajstić information content (AvgIpc) is 3.75. The van der Waals surface area contributed by atoms with Crippen molar-refractivity contribution in [3.8, 4) is 52.9 Å². The lowest BCUT2D eigenvalue weighted by Gasteiger charge is -2.12. The molecule has 0 unspecified atom stereocenters. The fraction of sp³-hybridized carbons (Fsp3) is 0.176. The van der Waals surface area contributed by atoms with E-state index in [0.29, 0.717) is 0 Å². The van der Waals surface area contributed by atoms with Gasteiger partial charge in [0, 0.05) is 29.3 Å². The first-order chi connectivity index (χ1) is 20.0. The van der Waals surface area contributed by atoms with E-state index in [9.17, 15) is 0 Å². The van der Waals surface area contributed by atoms with E-state index in [4.69, 9.17) is 0 Å². The topological polar surface area (TPSA) is 0 Å². The maximum Gasteiger partial charge on any atom is 0.0904 e. The normalized spacial score (nSPS) is 11.7. The van der Waals surface area contributed by atoms with E-state index in [1.807, 2.05) is 22.7 Å². The van der Waals surface area contributed by atoms with Gasteiger partial charge in [-0.1, -0.05) is 51.4 Å². The zero-order valence-corrected chi connectivity index (χ0v) is 31.3. The molecule has 0 fully saturated rings. The molecule has 0 spiro atoms. The van der Waals surface area contributed by atoms with Crippen LogP contribution < -0.4 is 9.00 Å². The summed E-state index contributed by atoms with van der Waals surface area (Å²) in [4.78, 5) is 12.3. The molecule has 0 saturated carbocycles. The molecule has 6 heterocycles. The molecule has 0 aromatic carbocycles. The number of rotatable bonds is 5. The minimum atomic E-state index is -1.27. The maximum atomic E-state index is 3.40. The predicted octanol–water partition coefficient (Wildman–Crippen LogP) is 10.9. The lowest BCUT2D eigenvalue weighted by Crippen LogP contribution is -2.34. The Bertz CT molecular complexity index is 1840. The van der Waals surface area contributed by atoms with E-state index in [1.165, 1.54) is 29.3 Å². The molecule has 6 aromatic heterocycles. The number of thiophene rings is 6. The zero-order valence-electron chi connectivity index (χ0n) is 24.4. The molecule has 0 amide bonds. The summed E-state index contributed by atoms with van der Waals surface area (Å²) in [7, 11) is -2.53. The third-order valence-corrected chi connectivity index (χ3v) is 20.4. The monoisotopic (exact) mass is 686 g/mol. The predicted molar refractivity (Wildman–Crippen MR) is 201 cm³/mol. The van der Waals surface area contributed by atoms with Gasteiger partial charge in [0.2, 0.25) is 0 Å². The van der Waals surface area contributed by atoms with Gasteiger partial charge in [-0.05, 0) is 93.3 Å². The van der Waals surface area contributed by atoms with Crippen LogP contribution in [0.25, 0.3) is 29.3 Å². The van der Waals surface area contributed by atoms with Crippen LogP contribution in [0.5, 0.6) is 0 Å². The molecule has 210 valence electrons. The highest BCUT2D eigenvalue weighted by Gasteiger charge is 2.20. The van der Waals surface area contributed by atoms with E-state index in [-0.39, 0.29) is 0 Å². The fourth-order valence-electron chi connectivity index (χ4n) is 4.14. The van der Waals surface area contributed by atoms with Crippen molar-refractivity contribution in [3.63, 3.8) is 0 Å². The number of hydrogen-bond donors (Lipinski definition) is 0. The van der Waals surface area contributed by atoms with Crippen molar-refractivity contribution in [2.24, 2.45) is 0 Å². The van der Waals surface area contributed by atoms with Crippen LogP contribution in [0.4, 0.5) is 0 Å². The fourth-order valence-corrected chi connectivity index (χ4v) is 13.6. The third kappa shape index (κ3) is 6.94. The van der Waals surface area contributed by atoms with Crippen molar-refractivity contribution in [1.82, 2.24) is 0 Å². The van der Waals surface area contributed by atoms with E-state index in [2.05, 4.69) is 136 Å². The van der Waals surface area contributed by atoms with Crippen molar-refractivity contribution >= 4 is 93.2 Å². The molecule has 42 heavy (non-hydrogen) atoms. The zero-order chi connectivity index (χ0) is 29.5. The summed E-state index contributed by atoms with van der Waals surface area (Å²) in [5.74, 6) is 13.6. The minimum Gasteiger partial charge on any atom is -0.144 e. The lowest BCUT2D eigenvalue weighted by molar-refractivity contribution is 1.78. The van der Waals surface area contributed by atoms with Crippen molar-refractivity contribution in [1.29, 1.82) is 0 Å². The van der Waals surface area contributed by atoms with Crippen LogP contribution in [0.2, 0.25) is 39.3 Å². The molecule has 0 aliphatic carbocycles. The van der Waals surface area contributed by atoms with Crippen LogP contribution in [0, 0.1) is 23.7 Å². The van der Waals surface area contributed by atoms with Gasteiger partial charge in [0.05, 0.1) is 35.7 Å². The highest BCUT2D eigenvalue weighted by atomic mass is 32.1. The summed E-state index contributed by atoms with van der Waals surface area (Å²) in [5, 5.41) is 0. The molecule has 8 heteroatoms. The summed E-state index contributed by atoms with van der Waals surface area (Å²) in [6.45, 7) is 14.4. The Morgan fingerprint density at radius 2 is 0.571 bits per heavy atom. The average molecular weight is 687 g/mol. The Morgan fingerprint density at radius 3 is 0.810 bits per heavy atom. The van der Waals surface area contributed by atoms with Crippen molar-refractivity contribution in [2.75, 3.05) is 0 Å². The maximum absolute atomic E-state index is 3.40. The van der Waals surface area contributed by atoms with Crippen LogP contribution >= 0.6 is 68.0 Å². The molecule has 0 bridgehead atoms. The van der Waals surface area contributed by atoms with Gasteiger partial charge in [-0.25, -0.2) is 0 Å². The van der Waals surface area contributed by atoms with Gasteiger partial charge in [-0.15, -0.1) is 68.0 Å². The first-order valence-corrected chi connectivity index (χ1v) is 25.6. The van der Waals surface area contributed by atoms with Gasteiger partial charge >= 0.3 is 0 Å². The second-order valence-corrected chi connectivity index (χ2v) is 29.3. The van der Waals surface area contributed by atoms with Crippen molar-refractivity contribution < 1.29 is 0 Å². The first kappa shape index (κ1) is 29.8. The Hall–Kier alpha value is -2.25. The van der Waals surface area contributed by atoms with Crippen LogP contribution in [-0.4, -0.2) is 16.1 Å². The molecule has 0 aliphatic rings. The van der Waals surface area contributed by atoms with Gasteiger partial charge in [0.15, 0.2) is 0 Å². The van der Waals surface area contributed by atoms with Crippen molar-refractivity contribution in [2.45, 2.75) is 39.3 Å². The van der Waals surface area contributed by atoms with E-state index in [1.54, 1.807) is 54.3 Å². The summed E-state index contributed by atoms with van der Waals surface area (Å²) in [6, 6.07) is 26.6. The smallest absolute Gasteiger partial charge is 0.0904 e. The van der Waals surface area contributed by atoms with Crippen LogP contribution in [0.1, 0.15) is 19.5 Å². The molecule has 0 N–H and O–H groups in total. The van der Waals surface area contributed by atoms with E-state index in [0.717, 1.165) is 19.5 Å². The van der Waals surface area contributed by atoms with Crippen LogP contribution in [0.3, 0.4) is 0 Å². The molecular formula is C34H30S6Si2. The van der Waals surface area contributed by atoms with Gasteiger partial charge in [-0.2, -0.15) is 0 Å². The molecule has 0 radical (unpaired) electrons. The lowest BCUT2D eigenvalue weighted by atomic mass is 10.3. The van der Waals surface area contributed by atoms with E-state index < -0.39 is 16.1 Å². The molecule has 0 saturated heterocycles. The first-order valence-electron chi connectivity index (χ1n) is 13.7. The second kappa shape index (κ2) is 12.0. The molecule has 0 atom stereocenters. The summed E-state index contributed by atoms with van der Waals surface area (Å²) in [5.41, 5.74) is 0. The Kier molecular flexibility index (Phi) is 8.54. The molecule has 6 aromatic rings. The molecule has 6 rings (SSSR count). The SMILES string of the molecule is C[Si](C)(C)c1ccc(-c2ccc(C#Cc3ccc(-c4ccc(C#Cc5ccc(-c6ccc([Si](C)(C)C)s6)s5)s4)s3)s2)s1. The Balaban J connectivity index is 1.11. The molecular weight excluding hydrogens is 657 g/mol. The summed E-state index contributed by atoms with van der Waals surface area (Å²) >= 11 is 11.0. The largest absolute Gasteiger partial charge is 0.144 e.